The van der Waals surface area contributed by atoms with Gasteiger partial charge in [-0.1, -0.05) is 102 Å². The van der Waals surface area contributed by atoms with Crippen molar-refractivity contribution >= 4 is 18.7 Å². The molecule has 2 aromatic rings. The van der Waals surface area contributed by atoms with Crippen molar-refractivity contribution in [2.24, 2.45) is 5.92 Å². The molecule has 1 nitrogen and oxygen atoms in total. The Bertz CT molecular complexity index is 561. The Morgan fingerprint density at radius 1 is 0.875 bits per heavy atom. The van der Waals surface area contributed by atoms with E-state index in [1.807, 2.05) is 0 Å². The first-order chi connectivity index (χ1) is 11.4. The fourth-order valence-corrected chi connectivity index (χ4v) is 8.29. The molecule has 0 saturated carbocycles. The Hall–Kier alpha value is -1.38. The topological polar surface area (TPSA) is 9.23 Å². The fraction of sp³-hybridized carbons (Fsp3) is 0.455. The van der Waals surface area contributed by atoms with Gasteiger partial charge in [0.05, 0.1) is 0 Å². The quantitative estimate of drug-likeness (QED) is 0.645. The Morgan fingerprint density at radius 2 is 1.33 bits per heavy atom. The van der Waals surface area contributed by atoms with Gasteiger partial charge < -0.3 is 4.43 Å². The number of hydrogen-bond acceptors (Lipinski definition) is 1. The van der Waals surface area contributed by atoms with Crippen molar-refractivity contribution < 1.29 is 4.43 Å². The van der Waals surface area contributed by atoms with Crippen LogP contribution in [0, 0.1) is 5.92 Å². The second-order valence-electron chi connectivity index (χ2n) is 7.87. The van der Waals surface area contributed by atoms with Gasteiger partial charge in [-0.15, -0.1) is 0 Å². The third-order valence-electron chi connectivity index (χ3n) is 4.78. The van der Waals surface area contributed by atoms with E-state index in [0.29, 0.717) is 5.92 Å². The maximum atomic E-state index is 6.92. The minimum atomic E-state index is -2.34. The first kappa shape index (κ1) is 18.9. The lowest BCUT2D eigenvalue weighted by molar-refractivity contribution is 0.237. The molecule has 2 aromatic carbocycles. The van der Waals surface area contributed by atoms with Crippen molar-refractivity contribution in [2.75, 3.05) is 6.61 Å². The molecule has 2 heteroatoms. The van der Waals surface area contributed by atoms with Gasteiger partial charge in [0.2, 0.25) is 0 Å². The summed E-state index contributed by atoms with van der Waals surface area (Å²) in [6.45, 7) is 12.4. The predicted molar refractivity (Wildman–Crippen MR) is 108 cm³/mol. The maximum absolute atomic E-state index is 6.92. The summed E-state index contributed by atoms with van der Waals surface area (Å²) in [5.41, 5.74) is 0. The zero-order valence-electron chi connectivity index (χ0n) is 15.9. The minimum absolute atomic E-state index is 0.0711. The SMILES string of the molecule is CCCC(C)CO[Si](c1ccccc1)(c1ccccc1)C(C)(C)C. The van der Waals surface area contributed by atoms with Crippen LogP contribution in [0.3, 0.4) is 0 Å². The highest BCUT2D eigenvalue weighted by Crippen LogP contribution is 2.37. The minimum Gasteiger partial charge on any atom is -0.407 e. The van der Waals surface area contributed by atoms with E-state index >= 15 is 0 Å². The first-order valence-electron chi connectivity index (χ1n) is 9.17. The van der Waals surface area contributed by atoms with E-state index in [-0.39, 0.29) is 5.04 Å². The van der Waals surface area contributed by atoms with Crippen molar-refractivity contribution in [3.05, 3.63) is 60.7 Å². The molecule has 0 bridgehead atoms. The van der Waals surface area contributed by atoms with Crippen LogP contribution in [0.1, 0.15) is 47.5 Å². The molecular formula is C22H32OSi. The lowest BCUT2D eigenvalue weighted by Crippen LogP contribution is -2.66. The molecule has 0 heterocycles. The Balaban J connectivity index is 2.53. The zero-order chi connectivity index (χ0) is 17.6. The average Bonchev–Trinajstić information content (AvgIpc) is 2.56. The van der Waals surface area contributed by atoms with Crippen LogP contribution < -0.4 is 10.4 Å². The van der Waals surface area contributed by atoms with Gasteiger partial charge in [0.15, 0.2) is 0 Å². The predicted octanol–water partition coefficient (Wildman–Crippen LogP) is 5.00. The molecule has 0 radical (unpaired) electrons. The van der Waals surface area contributed by atoms with Gasteiger partial charge in [-0.05, 0) is 27.8 Å². The van der Waals surface area contributed by atoms with Crippen molar-refractivity contribution in [2.45, 2.75) is 52.5 Å². The lowest BCUT2D eigenvalue weighted by Gasteiger charge is -2.43. The molecule has 0 amide bonds. The molecule has 0 fully saturated rings. The lowest BCUT2D eigenvalue weighted by atomic mass is 10.1. The zero-order valence-corrected chi connectivity index (χ0v) is 16.9. The molecule has 1 unspecified atom stereocenters. The second-order valence-corrected chi connectivity index (χ2v) is 12.2. The molecule has 0 aliphatic carbocycles. The van der Waals surface area contributed by atoms with Crippen molar-refractivity contribution in [3.8, 4) is 0 Å². The summed E-state index contributed by atoms with van der Waals surface area (Å²) < 4.78 is 6.92. The highest BCUT2D eigenvalue weighted by Gasteiger charge is 2.50. The molecule has 0 aromatic heterocycles. The van der Waals surface area contributed by atoms with Crippen molar-refractivity contribution in [3.63, 3.8) is 0 Å². The molecule has 0 aliphatic rings. The van der Waals surface area contributed by atoms with Crippen LogP contribution in [0.25, 0.3) is 0 Å². The third kappa shape index (κ3) is 3.99. The fourth-order valence-electron chi connectivity index (χ4n) is 3.60. The third-order valence-corrected chi connectivity index (χ3v) is 9.79. The van der Waals surface area contributed by atoms with Gasteiger partial charge in [0.1, 0.15) is 0 Å². The molecule has 0 aliphatic heterocycles. The van der Waals surface area contributed by atoms with Gasteiger partial charge >= 0.3 is 0 Å². The molecule has 0 N–H and O–H groups in total. The normalized spacial score (nSPS) is 13.7. The van der Waals surface area contributed by atoms with Gasteiger partial charge in [-0.3, -0.25) is 0 Å². The smallest absolute Gasteiger partial charge is 0.261 e. The van der Waals surface area contributed by atoms with Crippen LogP contribution >= 0.6 is 0 Å². The Labute approximate surface area is 149 Å². The molecule has 1 atom stereocenters. The van der Waals surface area contributed by atoms with E-state index in [9.17, 15) is 0 Å². The summed E-state index contributed by atoms with van der Waals surface area (Å²) in [6, 6.07) is 21.8. The molecule has 0 saturated heterocycles. The molecule has 2 rings (SSSR count). The summed E-state index contributed by atoms with van der Waals surface area (Å²) in [7, 11) is -2.34. The summed E-state index contributed by atoms with van der Waals surface area (Å²) in [5.74, 6) is 0.594. The average molecular weight is 341 g/mol. The maximum Gasteiger partial charge on any atom is 0.261 e. The van der Waals surface area contributed by atoms with E-state index in [0.717, 1.165) is 6.61 Å². The van der Waals surface area contributed by atoms with Crippen LogP contribution in [0.2, 0.25) is 5.04 Å². The van der Waals surface area contributed by atoms with E-state index < -0.39 is 8.32 Å². The van der Waals surface area contributed by atoms with E-state index in [4.69, 9.17) is 4.43 Å². The second kappa shape index (κ2) is 8.13. The summed E-state index contributed by atoms with van der Waals surface area (Å²) in [4.78, 5) is 0. The molecular weight excluding hydrogens is 308 g/mol. The largest absolute Gasteiger partial charge is 0.407 e. The highest BCUT2D eigenvalue weighted by atomic mass is 28.4. The Kier molecular flexibility index (Phi) is 6.42. The van der Waals surface area contributed by atoms with Crippen molar-refractivity contribution in [1.29, 1.82) is 0 Å². The summed E-state index contributed by atoms with van der Waals surface area (Å²) in [5, 5.41) is 2.81. The highest BCUT2D eigenvalue weighted by molar-refractivity contribution is 6.99. The summed E-state index contributed by atoms with van der Waals surface area (Å²) in [6.07, 6.45) is 2.43. The van der Waals surface area contributed by atoms with E-state index in [1.54, 1.807) is 0 Å². The molecule has 130 valence electrons. The number of rotatable bonds is 7. The number of hydrogen-bond donors (Lipinski definition) is 0. The summed E-state index contributed by atoms with van der Waals surface area (Å²) >= 11 is 0. The monoisotopic (exact) mass is 340 g/mol. The number of benzene rings is 2. The first-order valence-corrected chi connectivity index (χ1v) is 11.1. The van der Waals surface area contributed by atoms with Gasteiger partial charge in [-0.25, -0.2) is 0 Å². The van der Waals surface area contributed by atoms with Crippen LogP contribution in [0.4, 0.5) is 0 Å². The Morgan fingerprint density at radius 3 is 1.71 bits per heavy atom. The van der Waals surface area contributed by atoms with Crippen molar-refractivity contribution in [1.82, 2.24) is 0 Å². The van der Waals surface area contributed by atoms with Crippen LogP contribution in [0.15, 0.2) is 60.7 Å². The van der Waals surface area contributed by atoms with E-state index in [1.165, 1.54) is 23.2 Å². The molecule has 0 spiro atoms. The van der Waals surface area contributed by atoms with Gasteiger partial charge in [0.25, 0.3) is 8.32 Å². The van der Waals surface area contributed by atoms with Gasteiger partial charge in [-0.2, -0.15) is 0 Å². The van der Waals surface area contributed by atoms with E-state index in [2.05, 4.69) is 95.3 Å². The standard InChI is InChI=1S/C22H32OSi/c1-6-13-19(2)18-23-24(22(3,4)5,20-14-9-7-10-15-20)21-16-11-8-12-17-21/h7-12,14-17,19H,6,13,18H2,1-5H3. The van der Waals surface area contributed by atoms with Crippen LogP contribution in [-0.2, 0) is 4.43 Å². The van der Waals surface area contributed by atoms with Crippen LogP contribution in [0.5, 0.6) is 0 Å². The molecule has 24 heavy (non-hydrogen) atoms. The van der Waals surface area contributed by atoms with Gasteiger partial charge in [0, 0.05) is 6.61 Å². The van der Waals surface area contributed by atoms with Crippen LogP contribution in [-0.4, -0.2) is 14.9 Å².